The van der Waals surface area contributed by atoms with Gasteiger partial charge in [0.05, 0.1) is 0 Å². The Morgan fingerprint density at radius 2 is 2.21 bits per heavy atom. The predicted octanol–water partition coefficient (Wildman–Crippen LogP) is 2.04. The number of nitrogens with one attached hydrogen (secondary N) is 2. The molecule has 104 valence electrons. The molecule has 0 spiro atoms. The number of hydrogen-bond donors (Lipinski definition) is 2. The first-order chi connectivity index (χ1) is 9.16. The Kier molecular flexibility index (Phi) is 4.97. The van der Waals surface area contributed by atoms with E-state index >= 15 is 0 Å². The van der Waals surface area contributed by atoms with E-state index in [1.54, 1.807) is 0 Å². The van der Waals surface area contributed by atoms with E-state index in [1.165, 1.54) is 11.1 Å². The molecule has 1 heterocycles. The molecule has 0 saturated carbocycles. The lowest BCUT2D eigenvalue weighted by atomic mass is 9.95. The fourth-order valence-corrected chi connectivity index (χ4v) is 2.65. The zero-order valence-corrected chi connectivity index (χ0v) is 11.9. The lowest BCUT2D eigenvalue weighted by molar-refractivity contribution is -0.122. The summed E-state index contributed by atoms with van der Waals surface area (Å²) >= 11 is 0. The number of carbonyl (C=O) groups excluding carboxylic acids is 1. The van der Waals surface area contributed by atoms with Gasteiger partial charge in [-0.3, -0.25) is 4.79 Å². The molecule has 1 amide bonds. The first-order valence-electron chi connectivity index (χ1n) is 7.21. The van der Waals surface area contributed by atoms with Crippen LogP contribution in [0.15, 0.2) is 24.3 Å². The number of hydrogen-bond acceptors (Lipinski definition) is 2. The van der Waals surface area contributed by atoms with E-state index in [9.17, 15) is 4.79 Å². The molecule has 3 heteroatoms. The molecule has 0 radical (unpaired) electrons. The highest BCUT2D eigenvalue weighted by Crippen LogP contribution is 2.12. The fourth-order valence-electron chi connectivity index (χ4n) is 2.65. The summed E-state index contributed by atoms with van der Waals surface area (Å²) < 4.78 is 0. The highest BCUT2D eigenvalue weighted by molar-refractivity contribution is 5.76. The Balaban J connectivity index is 1.80. The van der Waals surface area contributed by atoms with Crippen molar-refractivity contribution in [1.82, 2.24) is 10.6 Å². The summed E-state index contributed by atoms with van der Waals surface area (Å²) in [6.07, 6.45) is 2.45. The van der Waals surface area contributed by atoms with Crippen molar-refractivity contribution < 1.29 is 4.79 Å². The molecule has 19 heavy (non-hydrogen) atoms. The second-order valence-electron chi connectivity index (χ2n) is 5.57. The summed E-state index contributed by atoms with van der Waals surface area (Å²) in [6, 6.07) is 8.62. The summed E-state index contributed by atoms with van der Waals surface area (Å²) in [7, 11) is 0. The van der Waals surface area contributed by atoms with Gasteiger partial charge in [-0.25, -0.2) is 0 Å². The maximum absolute atomic E-state index is 12.0. The highest BCUT2D eigenvalue weighted by Gasteiger charge is 2.22. The third-order valence-electron chi connectivity index (χ3n) is 4.01. The molecule has 1 aliphatic rings. The molecule has 1 aromatic carbocycles. The number of rotatable bonds is 4. The molecule has 1 fully saturated rings. The van der Waals surface area contributed by atoms with E-state index in [-0.39, 0.29) is 5.91 Å². The molecule has 2 rings (SSSR count). The number of piperidine rings is 1. The van der Waals surface area contributed by atoms with Gasteiger partial charge in [0, 0.05) is 12.5 Å². The third kappa shape index (κ3) is 4.06. The maximum Gasteiger partial charge on any atom is 0.220 e. The van der Waals surface area contributed by atoms with E-state index in [4.69, 9.17) is 0 Å². The minimum atomic E-state index is 0.182. The van der Waals surface area contributed by atoms with Gasteiger partial charge in [0.2, 0.25) is 5.91 Å². The molecule has 2 N–H and O–H groups in total. The van der Waals surface area contributed by atoms with Gasteiger partial charge in [-0.15, -0.1) is 0 Å². The lowest BCUT2D eigenvalue weighted by Gasteiger charge is -2.30. The molecule has 0 bridgehead atoms. The van der Waals surface area contributed by atoms with Crippen molar-refractivity contribution in [2.75, 3.05) is 13.1 Å². The van der Waals surface area contributed by atoms with E-state index in [2.05, 4.69) is 36.6 Å². The smallest absolute Gasteiger partial charge is 0.220 e. The summed E-state index contributed by atoms with van der Waals surface area (Å²) in [6.45, 7) is 6.30. The van der Waals surface area contributed by atoms with E-state index in [0.29, 0.717) is 18.4 Å². The monoisotopic (exact) mass is 260 g/mol. The van der Waals surface area contributed by atoms with Crippen LogP contribution in [-0.4, -0.2) is 25.0 Å². The highest BCUT2D eigenvalue weighted by atomic mass is 16.1. The largest absolute Gasteiger partial charge is 0.353 e. The van der Waals surface area contributed by atoms with E-state index < -0.39 is 0 Å². The first kappa shape index (κ1) is 14.1. The van der Waals surface area contributed by atoms with Crippen LogP contribution in [0.3, 0.4) is 0 Å². The molecule has 1 aliphatic heterocycles. The zero-order chi connectivity index (χ0) is 13.7. The van der Waals surface area contributed by atoms with Gasteiger partial charge < -0.3 is 10.6 Å². The summed E-state index contributed by atoms with van der Waals surface area (Å²) in [5, 5.41) is 6.53. The molecule has 2 atom stereocenters. The third-order valence-corrected chi connectivity index (χ3v) is 4.01. The maximum atomic E-state index is 12.0. The van der Waals surface area contributed by atoms with Gasteiger partial charge in [-0.05, 0) is 49.9 Å². The quantitative estimate of drug-likeness (QED) is 0.870. The Hall–Kier alpha value is -1.35. The second-order valence-corrected chi connectivity index (χ2v) is 5.57. The Morgan fingerprint density at radius 1 is 1.42 bits per heavy atom. The van der Waals surface area contributed by atoms with Crippen LogP contribution in [0.4, 0.5) is 0 Å². The average Bonchev–Trinajstić information content (AvgIpc) is 2.40. The minimum absolute atomic E-state index is 0.182. The Morgan fingerprint density at radius 3 is 2.95 bits per heavy atom. The lowest BCUT2D eigenvalue weighted by Crippen LogP contribution is -2.48. The predicted molar refractivity (Wildman–Crippen MR) is 78.1 cm³/mol. The van der Waals surface area contributed by atoms with Crippen LogP contribution < -0.4 is 10.6 Å². The molecule has 0 aliphatic carbocycles. The zero-order valence-electron chi connectivity index (χ0n) is 11.9. The number of amides is 1. The standard InChI is InChI=1S/C16H24N2O/c1-12-5-3-4-6-14(12)7-8-16(19)18-15-9-10-17-11-13(15)2/h3-6,13,15,17H,7-11H2,1-2H3,(H,18,19). The minimum Gasteiger partial charge on any atom is -0.353 e. The molecule has 2 unspecified atom stereocenters. The van der Waals surface area contributed by atoms with Crippen LogP contribution in [0.1, 0.15) is 30.9 Å². The van der Waals surface area contributed by atoms with E-state index in [0.717, 1.165) is 25.9 Å². The van der Waals surface area contributed by atoms with Crippen molar-refractivity contribution in [3.05, 3.63) is 35.4 Å². The van der Waals surface area contributed by atoms with Crippen LogP contribution in [0.25, 0.3) is 0 Å². The van der Waals surface area contributed by atoms with Crippen LogP contribution >= 0.6 is 0 Å². The van der Waals surface area contributed by atoms with Gasteiger partial charge >= 0.3 is 0 Å². The van der Waals surface area contributed by atoms with Crippen molar-refractivity contribution in [1.29, 1.82) is 0 Å². The first-order valence-corrected chi connectivity index (χ1v) is 7.21. The van der Waals surface area contributed by atoms with Gasteiger partial charge in [-0.1, -0.05) is 31.2 Å². The summed E-state index contributed by atoms with van der Waals surface area (Å²) in [4.78, 5) is 12.0. The normalized spacial score (nSPS) is 23.1. The van der Waals surface area contributed by atoms with E-state index in [1.807, 2.05) is 12.1 Å². The summed E-state index contributed by atoms with van der Waals surface area (Å²) in [5.74, 6) is 0.707. The molecule has 3 nitrogen and oxygen atoms in total. The molecule has 1 aromatic rings. The van der Waals surface area contributed by atoms with Crippen molar-refractivity contribution in [3.8, 4) is 0 Å². The number of carbonyl (C=O) groups is 1. The topological polar surface area (TPSA) is 41.1 Å². The SMILES string of the molecule is Cc1ccccc1CCC(=O)NC1CCNCC1C. The van der Waals surface area contributed by atoms with Crippen LogP contribution in [0.5, 0.6) is 0 Å². The van der Waals surface area contributed by atoms with Crippen molar-refractivity contribution in [2.45, 2.75) is 39.2 Å². The van der Waals surface area contributed by atoms with Crippen molar-refractivity contribution in [2.24, 2.45) is 5.92 Å². The molecule has 0 aromatic heterocycles. The van der Waals surface area contributed by atoms with Gasteiger partial charge in [0.15, 0.2) is 0 Å². The Bertz CT molecular complexity index is 431. The van der Waals surface area contributed by atoms with Gasteiger partial charge in [0.25, 0.3) is 0 Å². The van der Waals surface area contributed by atoms with Crippen LogP contribution in [-0.2, 0) is 11.2 Å². The fraction of sp³-hybridized carbons (Fsp3) is 0.562. The van der Waals surface area contributed by atoms with Crippen molar-refractivity contribution in [3.63, 3.8) is 0 Å². The summed E-state index contributed by atoms with van der Waals surface area (Å²) in [5.41, 5.74) is 2.54. The second kappa shape index (κ2) is 6.71. The van der Waals surface area contributed by atoms with Crippen LogP contribution in [0, 0.1) is 12.8 Å². The molecular formula is C16H24N2O. The van der Waals surface area contributed by atoms with Crippen molar-refractivity contribution >= 4 is 5.91 Å². The van der Waals surface area contributed by atoms with Gasteiger partial charge in [0.1, 0.15) is 0 Å². The molecular weight excluding hydrogens is 236 g/mol. The number of aryl methyl sites for hydroxylation is 2. The number of benzene rings is 1. The average molecular weight is 260 g/mol. The van der Waals surface area contributed by atoms with Crippen LogP contribution in [0.2, 0.25) is 0 Å². The Labute approximate surface area is 115 Å². The molecule has 1 saturated heterocycles. The van der Waals surface area contributed by atoms with Gasteiger partial charge in [-0.2, -0.15) is 0 Å².